The maximum atomic E-state index is 13.3. The van der Waals surface area contributed by atoms with E-state index in [-0.39, 0.29) is 24.8 Å². The molecule has 2 N–H and O–H groups in total. The maximum absolute atomic E-state index is 13.3. The average molecular weight is 342 g/mol. The summed E-state index contributed by atoms with van der Waals surface area (Å²) in [6.07, 6.45) is 0.134. The van der Waals surface area contributed by atoms with Crippen molar-refractivity contribution in [3.05, 3.63) is 71.0 Å². The number of hydrogen-bond acceptors (Lipinski definition) is 4. The minimum absolute atomic E-state index is 0.0766. The lowest BCUT2D eigenvalue weighted by molar-refractivity contribution is -0.115. The number of hydrogen-bond donors (Lipinski definition) is 2. The molecule has 3 rings (SSSR count). The minimum atomic E-state index is -0.314. The van der Waals surface area contributed by atoms with E-state index in [1.165, 1.54) is 23.5 Å². The van der Waals surface area contributed by atoms with Gasteiger partial charge in [-0.15, -0.1) is 11.3 Å². The van der Waals surface area contributed by atoms with Crippen molar-refractivity contribution >= 4 is 22.9 Å². The highest BCUT2D eigenvalue weighted by Crippen LogP contribution is 2.24. The van der Waals surface area contributed by atoms with Gasteiger partial charge in [-0.3, -0.25) is 4.79 Å². The number of carbonyl (C=O) groups excluding carboxylic acids is 1. The lowest BCUT2D eigenvalue weighted by atomic mass is 10.2. The molecule has 1 aromatic heterocycles. The number of halogens is 1. The Labute approximate surface area is 142 Å². The van der Waals surface area contributed by atoms with Crippen LogP contribution >= 0.6 is 11.3 Å². The maximum Gasteiger partial charge on any atom is 0.230 e. The zero-order chi connectivity index (χ0) is 16.9. The number of aromatic nitrogens is 1. The van der Waals surface area contributed by atoms with E-state index < -0.39 is 0 Å². The first-order valence-corrected chi connectivity index (χ1v) is 8.22. The van der Waals surface area contributed by atoms with Gasteiger partial charge in [0.25, 0.3) is 0 Å². The molecule has 1 heterocycles. The Bertz CT molecular complexity index is 863. The summed E-state index contributed by atoms with van der Waals surface area (Å²) in [6, 6.07) is 13.2. The van der Waals surface area contributed by atoms with Gasteiger partial charge in [0.05, 0.1) is 18.7 Å². The quantitative estimate of drug-likeness (QED) is 0.744. The van der Waals surface area contributed by atoms with Crippen molar-refractivity contribution in [2.24, 2.45) is 0 Å². The van der Waals surface area contributed by atoms with Gasteiger partial charge in [-0.1, -0.05) is 24.3 Å². The van der Waals surface area contributed by atoms with Gasteiger partial charge in [-0.05, 0) is 29.8 Å². The van der Waals surface area contributed by atoms with E-state index >= 15 is 0 Å². The molecule has 3 aromatic rings. The van der Waals surface area contributed by atoms with Crippen LogP contribution in [0.1, 0.15) is 11.3 Å². The molecular formula is C18H15FN2O2S. The highest BCUT2D eigenvalue weighted by Gasteiger charge is 2.10. The molecule has 0 saturated heterocycles. The van der Waals surface area contributed by atoms with Gasteiger partial charge in [0, 0.05) is 16.6 Å². The van der Waals surface area contributed by atoms with Gasteiger partial charge in [0.1, 0.15) is 10.8 Å². The Balaban J connectivity index is 1.67. The summed E-state index contributed by atoms with van der Waals surface area (Å²) in [4.78, 5) is 16.5. The lowest BCUT2D eigenvalue weighted by Gasteiger charge is -2.05. The largest absolute Gasteiger partial charge is 0.392 e. The number of anilines is 1. The Morgan fingerprint density at radius 2 is 2.04 bits per heavy atom. The summed E-state index contributed by atoms with van der Waals surface area (Å²) in [6.45, 7) is -0.0766. The topological polar surface area (TPSA) is 62.2 Å². The summed E-state index contributed by atoms with van der Waals surface area (Å²) >= 11 is 1.37. The number of aliphatic hydroxyl groups is 1. The second kappa shape index (κ2) is 7.33. The molecule has 0 atom stereocenters. The second-order valence-electron chi connectivity index (χ2n) is 5.24. The number of thiazole rings is 1. The van der Waals surface area contributed by atoms with E-state index in [0.717, 1.165) is 5.56 Å². The van der Waals surface area contributed by atoms with Crippen molar-refractivity contribution in [3.63, 3.8) is 0 Å². The molecule has 0 aliphatic heterocycles. The third kappa shape index (κ3) is 4.04. The number of nitrogens with zero attached hydrogens (tertiary/aromatic N) is 1. The molecule has 122 valence electrons. The van der Waals surface area contributed by atoms with Crippen LogP contribution in [0, 0.1) is 5.82 Å². The number of carbonyl (C=O) groups is 1. The van der Waals surface area contributed by atoms with Crippen LogP contribution < -0.4 is 5.32 Å². The minimum Gasteiger partial charge on any atom is -0.392 e. The zero-order valence-corrected chi connectivity index (χ0v) is 13.5. The van der Waals surface area contributed by atoms with E-state index in [9.17, 15) is 9.18 Å². The van der Waals surface area contributed by atoms with Crippen LogP contribution in [0.15, 0.2) is 53.9 Å². The summed E-state index contributed by atoms with van der Waals surface area (Å²) < 4.78 is 13.3. The fourth-order valence-electron chi connectivity index (χ4n) is 2.26. The molecule has 0 fully saturated rings. The van der Waals surface area contributed by atoms with E-state index in [4.69, 9.17) is 5.11 Å². The van der Waals surface area contributed by atoms with Crippen molar-refractivity contribution < 1.29 is 14.3 Å². The smallest absolute Gasteiger partial charge is 0.230 e. The molecule has 0 aliphatic rings. The van der Waals surface area contributed by atoms with Crippen molar-refractivity contribution in [3.8, 4) is 10.6 Å². The van der Waals surface area contributed by atoms with E-state index in [1.54, 1.807) is 41.8 Å². The number of amides is 1. The summed E-state index contributed by atoms with van der Waals surface area (Å²) in [7, 11) is 0. The predicted molar refractivity (Wildman–Crippen MR) is 92.2 cm³/mol. The van der Waals surface area contributed by atoms with Crippen LogP contribution in [0.3, 0.4) is 0 Å². The van der Waals surface area contributed by atoms with Crippen molar-refractivity contribution in [1.29, 1.82) is 0 Å². The van der Waals surface area contributed by atoms with Crippen LogP contribution in [-0.2, 0) is 17.8 Å². The van der Waals surface area contributed by atoms with Crippen molar-refractivity contribution in [2.75, 3.05) is 5.32 Å². The Kier molecular flexibility index (Phi) is 4.98. The molecule has 2 aromatic carbocycles. The number of benzene rings is 2. The molecule has 0 spiro atoms. The van der Waals surface area contributed by atoms with Gasteiger partial charge in [-0.2, -0.15) is 0 Å². The lowest BCUT2D eigenvalue weighted by Crippen LogP contribution is -2.14. The highest BCUT2D eigenvalue weighted by atomic mass is 32.1. The second-order valence-corrected chi connectivity index (χ2v) is 6.10. The first-order valence-electron chi connectivity index (χ1n) is 7.34. The average Bonchev–Trinajstić information content (AvgIpc) is 3.03. The fraction of sp³-hybridized carbons (Fsp3) is 0.111. The first-order chi connectivity index (χ1) is 11.6. The molecule has 0 saturated carbocycles. The standard InChI is InChI=1S/C18H15FN2O2S/c19-14-5-2-4-13(8-14)18-21-16(11-24-18)9-17(23)20-15-6-1-3-12(7-15)10-22/h1-8,11,22H,9-10H2,(H,20,23). The number of rotatable bonds is 5. The number of nitrogens with one attached hydrogen (secondary N) is 1. The third-order valence-electron chi connectivity index (χ3n) is 3.36. The van der Waals surface area contributed by atoms with E-state index in [1.807, 2.05) is 0 Å². The summed E-state index contributed by atoms with van der Waals surface area (Å²) in [5.41, 5.74) is 2.69. The summed E-state index contributed by atoms with van der Waals surface area (Å²) in [5, 5.41) is 14.4. The zero-order valence-electron chi connectivity index (χ0n) is 12.7. The van der Waals surface area contributed by atoms with Gasteiger partial charge < -0.3 is 10.4 Å². The SMILES string of the molecule is O=C(Cc1csc(-c2cccc(F)c2)n1)Nc1cccc(CO)c1. The van der Waals surface area contributed by atoms with Crippen LogP contribution in [-0.4, -0.2) is 16.0 Å². The molecule has 24 heavy (non-hydrogen) atoms. The van der Waals surface area contributed by atoms with Gasteiger partial charge in [-0.25, -0.2) is 9.37 Å². The van der Waals surface area contributed by atoms with E-state index in [2.05, 4.69) is 10.3 Å². The van der Waals surface area contributed by atoms with E-state index in [0.29, 0.717) is 22.0 Å². The van der Waals surface area contributed by atoms with Crippen molar-refractivity contribution in [2.45, 2.75) is 13.0 Å². The monoisotopic (exact) mass is 342 g/mol. The molecule has 6 heteroatoms. The fourth-order valence-corrected chi connectivity index (χ4v) is 3.08. The van der Waals surface area contributed by atoms with Crippen LogP contribution in [0.2, 0.25) is 0 Å². The molecule has 4 nitrogen and oxygen atoms in total. The first kappa shape index (κ1) is 16.3. The van der Waals surface area contributed by atoms with Gasteiger partial charge >= 0.3 is 0 Å². The molecule has 0 unspecified atom stereocenters. The van der Waals surface area contributed by atoms with Crippen LogP contribution in [0.5, 0.6) is 0 Å². The Morgan fingerprint density at radius 3 is 2.83 bits per heavy atom. The molecule has 0 aliphatic carbocycles. The molecule has 0 bridgehead atoms. The molecule has 1 amide bonds. The third-order valence-corrected chi connectivity index (χ3v) is 4.30. The number of aliphatic hydroxyl groups excluding tert-OH is 1. The van der Waals surface area contributed by atoms with Gasteiger partial charge in [0.2, 0.25) is 5.91 Å². The Hall–Kier alpha value is -2.57. The highest BCUT2D eigenvalue weighted by molar-refractivity contribution is 7.13. The molecule has 0 radical (unpaired) electrons. The van der Waals surface area contributed by atoms with Crippen molar-refractivity contribution in [1.82, 2.24) is 4.98 Å². The van der Waals surface area contributed by atoms with Gasteiger partial charge in [0.15, 0.2) is 0 Å². The predicted octanol–water partition coefficient (Wildman–Crippen LogP) is 3.62. The molecular weight excluding hydrogens is 327 g/mol. The van der Waals surface area contributed by atoms with Crippen LogP contribution in [0.25, 0.3) is 10.6 Å². The summed E-state index contributed by atoms with van der Waals surface area (Å²) in [5.74, 6) is -0.507. The van der Waals surface area contributed by atoms with Crippen LogP contribution in [0.4, 0.5) is 10.1 Å². The normalized spacial score (nSPS) is 10.6. The Morgan fingerprint density at radius 1 is 1.21 bits per heavy atom.